The molecular weight excluding hydrogens is 364 g/mol. The number of alkyl halides is 2. The number of hydrogen-bond donors (Lipinski definition) is 1. The van der Waals surface area contributed by atoms with Crippen molar-refractivity contribution in [1.82, 2.24) is 4.90 Å². The van der Waals surface area contributed by atoms with Crippen molar-refractivity contribution in [3.63, 3.8) is 0 Å². The second-order valence-electron chi connectivity index (χ2n) is 7.25. The van der Waals surface area contributed by atoms with E-state index in [4.69, 9.17) is 4.74 Å². The minimum atomic E-state index is -2.82. The molecule has 0 radical (unpaired) electrons. The summed E-state index contributed by atoms with van der Waals surface area (Å²) in [6.45, 7) is -1.50. The lowest BCUT2D eigenvalue weighted by atomic mass is 10.0. The summed E-state index contributed by atoms with van der Waals surface area (Å²) in [4.78, 5) is 2.17. The third kappa shape index (κ3) is 5.91. The van der Waals surface area contributed by atoms with E-state index in [2.05, 4.69) is 9.64 Å². The number of hydrogen-bond acceptors (Lipinski definition) is 4. The number of nitrogens with zero attached hydrogens (tertiary/aromatic N) is 1. The van der Waals surface area contributed by atoms with Crippen molar-refractivity contribution >= 4 is 0 Å². The van der Waals surface area contributed by atoms with Crippen molar-refractivity contribution in [3.8, 4) is 11.5 Å². The van der Waals surface area contributed by atoms with Crippen molar-refractivity contribution in [3.05, 3.63) is 59.7 Å². The van der Waals surface area contributed by atoms with Gasteiger partial charge in [0.15, 0.2) is 0 Å². The van der Waals surface area contributed by atoms with Gasteiger partial charge < -0.3 is 19.5 Å². The number of β-amino-alcohol motifs (C(OH)–C–C–N with tert-alkyl or cyclic N) is 1. The van der Waals surface area contributed by atoms with Crippen molar-refractivity contribution in [2.45, 2.75) is 44.4 Å². The Morgan fingerprint density at radius 1 is 1.14 bits per heavy atom. The van der Waals surface area contributed by atoms with Gasteiger partial charge in [0, 0.05) is 12.6 Å². The molecule has 0 aliphatic carbocycles. The Morgan fingerprint density at radius 3 is 2.71 bits per heavy atom. The van der Waals surface area contributed by atoms with Crippen molar-refractivity contribution in [1.29, 1.82) is 0 Å². The van der Waals surface area contributed by atoms with Crippen molar-refractivity contribution < 1.29 is 23.4 Å². The van der Waals surface area contributed by atoms with Gasteiger partial charge in [0.05, 0.1) is 12.7 Å². The summed E-state index contributed by atoms with van der Waals surface area (Å²) >= 11 is 0. The Bertz CT molecular complexity index is 756. The van der Waals surface area contributed by atoms with E-state index >= 15 is 0 Å². The van der Waals surface area contributed by atoms with Gasteiger partial charge in [0.2, 0.25) is 0 Å². The molecule has 2 aromatic carbocycles. The molecule has 1 fully saturated rings. The van der Waals surface area contributed by atoms with Gasteiger partial charge in [0.1, 0.15) is 11.5 Å². The topological polar surface area (TPSA) is 41.9 Å². The number of aliphatic hydroxyl groups is 1. The second kappa shape index (κ2) is 9.85. The van der Waals surface area contributed by atoms with Crippen LogP contribution in [0.5, 0.6) is 11.5 Å². The van der Waals surface area contributed by atoms with Crippen LogP contribution in [0.2, 0.25) is 0 Å². The summed E-state index contributed by atoms with van der Waals surface area (Å²) in [5, 5.41) is 9.74. The van der Waals surface area contributed by atoms with Crippen LogP contribution >= 0.6 is 0 Å². The first-order valence-corrected chi connectivity index (χ1v) is 9.64. The summed E-state index contributed by atoms with van der Waals surface area (Å²) in [7, 11) is 2.03. The summed E-state index contributed by atoms with van der Waals surface area (Å²) in [6, 6.07) is 15.1. The lowest BCUT2D eigenvalue weighted by molar-refractivity contribution is -0.0498. The molecule has 2 aromatic rings. The van der Waals surface area contributed by atoms with E-state index in [1.54, 1.807) is 12.1 Å². The zero-order valence-electron chi connectivity index (χ0n) is 16.1. The number of benzene rings is 2. The molecule has 2 unspecified atom stereocenters. The maximum atomic E-state index is 12.4. The largest absolute Gasteiger partial charge is 0.493 e. The zero-order valence-corrected chi connectivity index (χ0v) is 16.1. The Kier molecular flexibility index (Phi) is 7.23. The minimum absolute atomic E-state index is 0.180. The molecule has 4 nitrogen and oxygen atoms in total. The second-order valence-corrected chi connectivity index (χ2v) is 7.25. The van der Waals surface area contributed by atoms with Crippen LogP contribution in [0.4, 0.5) is 8.78 Å². The third-order valence-corrected chi connectivity index (χ3v) is 5.15. The number of aliphatic hydroxyl groups excluding tert-OH is 1. The van der Waals surface area contributed by atoms with E-state index in [-0.39, 0.29) is 11.9 Å². The highest BCUT2D eigenvalue weighted by Crippen LogP contribution is 2.24. The maximum Gasteiger partial charge on any atom is 0.387 e. The molecule has 28 heavy (non-hydrogen) atoms. The molecule has 2 atom stereocenters. The van der Waals surface area contributed by atoms with Crippen LogP contribution < -0.4 is 9.47 Å². The third-order valence-electron chi connectivity index (χ3n) is 5.15. The van der Waals surface area contributed by atoms with Crippen LogP contribution in [0.3, 0.4) is 0 Å². The van der Waals surface area contributed by atoms with Gasteiger partial charge in [-0.15, -0.1) is 0 Å². The van der Waals surface area contributed by atoms with Gasteiger partial charge in [-0.2, -0.15) is 8.78 Å². The number of ether oxygens (including phenoxy) is 2. The first kappa shape index (κ1) is 20.6. The highest BCUT2D eigenvalue weighted by atomic mass is 19.3. The smallest absolute Gasteiger partial charge is 0.387 e. The van der Waals surface area contributed by atoms with E-state index in [0.717, 1.165) is 42.7 Å². The van der Waals surface area contributed by atoms with E-state index in [0.29, 0.717) is 19.1 Å². The molecule has 0 aromatic heterocycles. The maximum absolute atomic E-state index is 12.4. The molecule has 152 valence electrons. The van der Waals surface area contributed by atoms with Gasteiger partial charge in [-0.1, -0.05) is 30.3 Å². The summed E-state index contributed by atoms with van der Waals surface area (Å²) < 4.78 is 35.2. The fourth-order valence-electron chi connectivity index (χ4n) is 3.70. The molecule has 3 rings (SSSR count). The number of likely N-dealkylation sites (N-methyl/N-ethyl adjacent to an activating group) is 1. The minimum Gasteiger partial charge on any atom is -0.493 e. The van der Waals surface area contributed by atoms with Gasteiger partial charge in [-0.25, -0.2) is 0 Å². The lowest BCUT2D eigenvalue weighted by Gasteiger charge is -2.19. The lowest BCUT2D eigenvalue weighted by Crippen LogP contribution is -2.26. The van der Waals surface area contributed by atoms with Gasteiger partial charge in [-0.3, -0.25) is 0 Å². The van der Waals surface area contributed by atoms with Crippen LogP contribution in [0.15, 0.2) is 48.5 Å². The Labute approximate surface area is 164 Å². The van der Waals surface area contributed by atoms with Gasteiger partial charge >= 0.3 is 6.61 Å². The summed E-state index contributed by atoms with van der Waals surface area (Å²) in [5.41, 5.74) is 2.03. The van der Waals surface area contributed by atoms with Crippen molar-refractivity contribution in [2.75, 3.05) is 20.2 Å². The molecule has 1 aliphatic rings. The fraction of sp³-hybridized carbons (Fsp3) is 0.455. The van der Waals surface area contributed by atoms with Gasteiger partial charge in [0.25, 0.3) is 0 Å². The van der Waals surface area contributed by atoms with Gasteiger partial charge in [-0.05, 0) is 62.1 Å². The number of aryl methyl sites for hydroxylation is 2. The zero-order chi connectivity index (χ0) is 19.9. The van der Waals surface area contributed by atoms with E-state index in [9.17, 15) is 13.9 Å². The highest BCUT2D eigenvalue weighted by Gasteiger charge is 2.27. The summed E-state index contributed by atoms with van der Waals surface area (Å²) in [5.74, 6) is 1.03. The predicted octanol–water partition coefficient (Wildman–Crippen LogP) is 3.91. The van der Waals surface area contributed by atoms with Crippen LogP contribution in [0.1, 0.15) is 24.0 Å². The molecule has 1 saturated heterocycles. The van der Waals surface area contributed by atoms with E-state index < -0.39 is 6.61 Å². The molecule has 0 bridgehead atoms. The fourth-order valence-corrected chi connectivity index (χ4v) is 3.70. The quantitative estimate of drug-likeness (QED) is 0.704. The highest BCUT2D eigenvalue weighted by molar-refractivity contribution is 5.35. The first-order valence-electron chi connectivity index (χ1n) is 9.64. The molecule has 6 heteroatoms. The Balaban J connectivity index is 1.54. The van der Waals surface area contributed by atoms with Crippen LogP contribution in [0.25, 0.3) is 0 Å². The van der Waals surface area contributed by atoms with Crippen LogP contribution in [-0.4, -0.2) is 49.0 Å². The SMILES string of the molecule is CN1CC(O)CC1CCOc1ccccc1CCc1cccc(OC(F)F)c1. The number of rotatable bonds is 9. The predicted molar refractivity (Wildman–Crippen MR) is 104 cm³/mol. The Hall–Kier alpha value is -2.18. The average molecular weight is 391 g/mol. The number of para-hydroxylation sites is 1. The monoisotopic (exact) mass is 391 g/mol. The van der Waals surface area contributed by atoms with Crippen molar-refractivity contribution in [2.24, 2.45) is 0 Å². The molecule has 0 spiro atoms. The van der Waals surface area contributed by atoms with E-state index in [1.807, 2.05) is 37.4 Å². The average Bonchev–Trinajstić information content (AvgIpc) is 2.98. The molecule has 1 aliphatic heterocycles. The van der Waals surface area contributed by atoms with Crippen LogP contribution in [-0.2, 0) is 12.8 Å². The molecular formula is C22H27F2NO3. The standard InChI is InChI=1S/C22H27F2NO3/c1-25-15-19(26)14-18(25)11-12-27-21-8-3-2-6-17(21)10-9-16-5-4-7-20(13-16)28-22(23)24/h2-8,13,18-19,22,26H,9-12,14-15H2,1H3. The molecule has 1 heterocycles. The summed E-state index contributed by atoms with van der Waals surface area (Å²) in [6.07, 6.45) is 2.87. The number of halogens is 2. The molecule has 0 amide bonds. The molecule has 0 saturated carbocycles. The first-order chi connectivity index (χ1) is 13.5. The molecule has 1 N–H and O–H groups in total. The Morgan fingerprint density at radius 2 is 1.96 bits per heavy atom. The van der Waals surface area contributed by atoms with Crippen LogP contribution in [0, 0.1) is 0 Å². The van der Waals surface area contributed by atoms with E-state index in [1.165, 1.54) is 6.07 Å². The number of likely N-dealkylation sites (tertiary alicyclic amines) is 1. The normalized spacial score (nSPS) is 19.9.